The van der Waals surface area contributed by atoms with Crippen LogP contribution in [0.4, 0.5) is 10.7 Å². The van der Waals surface area contributed by atoms with Gasteiger partial charge < -0.3 is 9.63 Å². The average molecular weight is 156 g/mol. The van der Waals surface area contributed by atoms with E-state index in [1.165, 1.54) is 7.05 Å². The lowest BCUT2D eigenvalue weighted by molar-refractivity contribution is 0.201. The first kappa shape index (κ1) is 7.59. The second-order valence-corrected chi connectivity index (χ2v) is 2.15. The van der Waals surface area contributed by atoms with Crippen LogP contribution in [0.1, 0.15) is 5.69 Å². The fraction of sp³-hybridized carbons (Fsp3) is 0.333. The second kappa shape index (κ2) is 2.61. The van der Waals surface area contributed by atoms with E-state index in [1.54, 1.807) is 13.0 Å². The molecule has 1 heterocycles. The van der Waals surface area contributed by atoms with E-state index in [0.717, 1.165) is 4.90 Å². The molecule has 0 saturated carbocycles. The second-order valence-electron chi connectivity index (χ2n) is 2.15. The highest BCUT2D eigenvalue weighted by Crippen LogP contribution is 2.12. The molecule has 0 aromatic carbocycles. The number of rotatable bonds is 1. The fourth-order valence-corrected chi connectivity index (χ4v) is 0.602. The molecular weight excluding hydrogens is 148 g/mol. The molecule has 5 heteroatoms. The van der Waals surface area contributed by atoms with Gasteiger partial charge in [0.2, 0.25) is 5.88 Å². The van der Waals surface area contributed by atoms with E-state index in [2.05, 4.69) is 9.68 Å². The molecule has 0 radical (unpaired) electrons. The van der Waals surface area contributed by atoms with Gasteiger partial charge in [0.1, 0.15) is 0 Å². The number of aryl methyl sites for hydroxylation is 1. The molecule has 0 spiro atoms. The molecule has 0 aliphatic rings. The quantitative estimate of drug-likeness (QED) is 0.661. The third-order valence-electron chi connectivity index (χ3n) is 1.23. The Labute approximate surface area is 63.2 Å². The van der Waals surface area contributed by atoms with Gasteiger partial charge in [-0.3, -0.25) is 0 Å². The minimum absolute atomic E-state index is 0.231. The van der Waals surface area contributed by atoms with Gasteiger partial charge in [-0.15, -0.1) is 0 Å². The Balaban J connectivity index is 2.84. The number of hydrogen-bond donors (Lipinski definition) is 1. The largest absolute Gasteiger partial charge is 0.465 e. The standard InChI is InChI=1S/C6H8N2O3/c1-4-3-5(11-7-4)8(2)6(9)10/h3H,1-2H3,(H,9,10). The smallest absolute Gasteiger partial charge is 0.413 e. The molecule has 0 aliphatic carbocycles. The van der Waals surface area contributed by atoms with Crippen LogP contribution in [0.5, 0.6) is 0 Å². The molecule has 0 saturated heterocycles. The zero-order valence-corrected chi connectivity index (χ0v) is 6.24. The molecule has 1 aromatic heterocycles. The molecule has 0 aliphatic heterocycles. The van der Waals surface area contributed by atoms with Crippen molar-refractivity contribution in [3.63, 3.8) is 0 Å². The molecule has 60 valence electrons. The van der Waals surface area contributed by atoms with Gasteiger partial charge in [-0.1, -0.05) is 5.16 Å². The van der Waals surface area contributed by atoms with Crippen LogP contribution >= 0.6 is 0 Å². The summed E-state index contributed by atoms with van der Waals surface area (Å²) in [5.41, 5.74) is 0.660. The van der Waals surface area contributed by atoms with Crippen LogP contribution in [0.15, 0.2) is 10.6 Å². The third kappa shape index (κ3) is 1.49. The van der Waals surface area contributed by atoms with Gasteiger partial charge in [0.05, 0.1) is 5.69 Å². The first-order chi connectivity index (χ1) is 5.11. The minimum atomic E-state index is -1.07. The van der Waals surface area contributed by atoms with Crippen molar-refractivity contribution in [3.05, 3.63) is 11.8 Å². The van der Waals surface area contributed by atoms with E-state index in [1.807, 2.05) is 0 Å². The number of hydrogen-bond acceptors (Lipinski definition) is 3. The minimum Gasteiger partial charge on any atom is -0.465 e. The highest BCUT2D eigenvalue weighted by atomic mass is 16.5. The molecular formula is C6H8N2O3. The first-order valence-electron chi connectivity index (χ1n) is 3.01. The van der Waals surface area contributed by atoms with Crippen LogP contribution in [0.3, 0.4) is 0 Å². The Morgan fingerprint density at radius 1 is 1.82 bits per heavy atom. The molecule has 0 atom stereocenters. The Kier molecular flexibility index (Phi) is 1.80. The van der Waals surface area contributed by atoms with E-state index in [-0.39, 0.29) is 5.88 Å². The Hall–Kier alpha value is -1.52. The summed E-state index contributed by atoms with van der Waals surface area (Å²) < 4.78 is 4.68. The number of amides is 1. The van der Waals surface area contributed by atoms with Gasteiger partial charge in [0.15, 0.2) is 0 Å². The highest BCUT2D eigenvalue weighted by molar-refractivity contribution is 5.83. The molecule has 5 nitrogen and oxygen atoms in total. The van der Waals surface area contributed by atoms with Gasteiger partial charge in [-0.25, -0.2) is 9.69 Å². The lowest BCUT2D eigenvalue weighted by Gasteiger charge is -2.05. The van der Waals surface area contributed by atoms with Gasteiger partial charge >= 0.3 is 6.09 Å². The SMILES string of the molecule is Cc1cc(N(C)C(=O)O)on1. The van der Waals surface area contributed by atoms with Gasteiger partial charge in [0.25, 0.3) is 0 Å². The maximum atomic E-state index is 10.3. The van der Waals surface area contributed by atoms with Gasteiger partial charge in [-0.2, -0.15) is 0 Å². The van der Waals surface area contributed by atoms with E-state index in [4.69, 9.17) is 5.11 Å². The topological polar surface area (TPSA) is 66.6 Å². The van der Waals surface area contributed by atoms with Crippen molar-refractivity contribution in [1.82, 2.24) is 5.16 Å². The van der Waals surface area contributed by atoms with Crippen molar-refractivity contribution in [2.75, 3.05) is 11.9 Å². The summed E-state index contributed by atoms with van der Waals surface area (Å²) in [6.45, 7) is 1.72. The van der Waals surface area contributed by atoms with Gasteiger partial charge in [0, 0.05) is 13.1 Å². The lowest BCUT2D eigenvalue weighted by Crippen LogP contribution is -2.23. The lowest BCUT2D eigenvalue weighted by atomic mass is 10.5. The monoisotopic (exact) mass is 156 g/mol. The van der Waals surface area contributed by atoms with Crippen molar-refractivity contribution < 1.29 is 14.4 Å². The van der Waals surface area contributed by atoms with Crippen LogP contribution in [-0.2, 0) is 0 Å². The number of anilines is 1. The number of carbonyl (C=O) groups is 1. The summed E-state index contributed by atoms with van der Waals surface area (Å²) in [6.07, 6.45) is -1.07. The van der Waals surface area contributed by atoms with Crippen LogP contribution in [0.25, 0.3) is 0 Å². The fourth-order valence-electron chi connectivity index (χ4n) is 0.602. The normalized spacial score (nSPS) is 9.64. The summed E-state index contributed by atoms with van der Waals surface area (Å²) in [6, 6.07) is 1.55. The maximum Gasteiger partial charge on any atom is 0.413 e. The summed E-state index contributed by atoms with van der Waals surface area (Å²) in [5.74, 6) is 0.231. The molecule has 11 heavy (non-hydrogen) atoms. The third-order valence-corrected chi connectivity index (χ3v) is 1.23. The number of carboxylic acid groups (broad SMARTS) is 1. The van der Waals surface area contributed by atoms with Crippen molar-refractivity contribution >= 4 is 12.0 Å². The van der Waals surface area contributed by atoms with Crippen molar-refractivity contribution in [2.24, 2.45) is 0 Å². The van der Waals surface area contributed by atoms with Gasteiger partial charge in [-0.05, 0) is 6.92 Å². The number of nitrogens with zero attached hydrogens (tertiary/aromatic N) is 2. The molecule has 1 rings (SSSR count). The average Bonchev–Trinajstić information content (AvgIpc) is 2.34. The zero-order valence-electron chi connectivity index (χ0n) is 6.24. The van der Waals surface area contributed by atoms with Crippen molar-refractivity contribution in [3.8, 4) is 0 Å². The molecule has 0 bridgehead atoms. The Morgan fingerprint density at radius 3 is 2.82 bits per heavy atom. The van der Waals surface area contributed by atoms with Crippen LogP contribution in [0.2, 0.25) is 0 Å². The molecule has 1 amide bonds. The van der Waals surface area contributed by atoms with E-state index < -0.39 is 6.09 Å². The predicted octanol–water partition coefficient (Wildman–Crippen LogP) is 1.10. The summed E-state index contributed by atoms with van der Waals surface area (Å²) in [5, 5.41) is 12.0. The molecule has 0 fully saturated rings. The van der Waals surface area contributed by atoms with Crippen LogP contribution in [0, 0.1) is 6.92 Å². The number of aromatic nitrogens is 1. The first-order valence-corrected chi connectivity index (χ1v) is 3.01. The molecule has 0 unspecified atom stereocenters. The van der Waals surface area contributed by atoms with Crippen LogP contribution in [-0.4, -0.2) is 23.4 Å². The van der Waals surface area contributed by atoms with Crippen molar-refractivity contribution in [2.45, 2.75) is 6.92 Å². The highest BCUT2D eigenvalue weighted by Gasteiger charge is 2.12. The predicted molar refractivity (Wildman–Crippen MR) is 37.7 cm³/mol. The Morgan fingerprint density at radius 2 is 2.45 bits per heavy atom. The summed E-state index contributed by atoms with van der Waals surface area (Å²) >= 11 is 0. The summed E-state index contributed by atoms with van der Waals surface area (Å²) in [7, 11) is 1.39. The zero-order chi connectivity index (χ0) is 8.43. The molecule has 1 N–H and O–H groups in total. The van der Waals surface area contributed by atoms with Crippen LogP contribution < -0.4 is 4.90 Å². The van der Waals surface area contributed by atoms with E-state index in [0.29, 0.717) is 5.69 Å². The molecule has 1 aromatic rings. The van der Waals surface area contributed by atoms with E-state index in [9.17, 15) is 4.79 Å². The maximum absolute atomic E-state index is 10.3. The van der Waals surface area contributed by atoms with E-state index >= 15 is 0 Å². The Bertz CT molecular complexity index is 269. The van der Waals surface area contributed by atoms with Crippen molar-refractivity contribution in [1.29, 1.82) is 0 Å². The summed E-state index contributed by atoms with van der Waals surface area (Å²) in [4.78, 5) is 11.3.